The van der Waals surface area contributed by atoms with Gasteiger partial charge in [0.05, 0.1) is 22.8 Å². The molecule has 1 fully saturated rings. The lowest BCUT2D eigenvalue weighted by Gasteiger charge is -2.16. The van der Waals surface area contributed by atoms with Crippen LogP contribution >= 0.6 is 11.6 Å². The second-order valence-corrected chi connectivity index (χ2v) is 4.49. The number of amides is 1. The highest BCUT2D eigenvalue weighted by molar-refractivity contribution is 6.34. The van der Waals surface area contributed by atoms with Crippen molar-refractivity contribution >= 4 is 23.2 Å². The van der Waals surface area contributed by atoms with Crippen LogP contribution in [0.3, 0.4) is 0 Å². The number of nitrogens with two attached hydrogens (primary N) is 1. The summed E-state index contributed by atoms with van der Waals surface area (Å²) in [6, 6.07) is 4.64. The molecular formula is C11H13ClN2O3. The number of likely N-dealkylation sites (tertiary alicyclic amines) is 1. The summed E-state index contributed by atoms with van der Waals surface area (Å²) in [5, 5.41) is 19.1. The number of β-amino-alcohol motifs (C(OH)–C–C–N with tert-alkyl or cyclic N) is 2. The number of carbonyl (C=O) groups excluding carboxylic acids is 1. The van der Waals surface area contributed by atoms with Gasteiger partial charge in [0.1, 0.15) is 0 Å². The Labute approximate surface area is 103 Å². The molecule has 0 aliphatic carbocycles. The maximum Gasteiger partial charge on any atom is 0.255 e. The first-order chi connectivity index (χ1) is 7.99. The van der Waals surface area contributed by atoms with E-state index < -0.39 is 12.2 Å². The first kappa shape index (κ1) is 12.2. The number of aliphatic hydroxyl groups is 2. The topological polar surface area (TPSA) is 86.8 Å². The van der Waals surface area contributed by atoms with Crippen LogP contribution in [0.5, 0.6) is 0 Å². The zero-order valence-electron chi connectivity index (χ0n) is 9.01. The van der Waals surface area contributed by atoms with Gasteiger partial charge in [0, 0.05) is 18.8 Å². The van der Waals surface area contributed by atoms with Gasteiger partial charge in [-0.25, -0.2) is 0 Å². The Morgan fingerprint density at radius 1 is 1.35 bits per heavy atom. The standard InChI is InChI=1S/C11H13ClN2O3/c12-8-2-1-6(13)3-7(8)11(17)14-4-9(15)10(16)5-14/h1-3,9-10,15-16H,4-5,13H2/t9-,10+. The highest BCUT2D eigenvalue weighted by Gasteiger charge is 2.33. The molecule has 92 valence electrons. The molecule has 0 unspecified atom stereocenters. The molecule has 1 amide bonds. The number of anilines is 1. The lowest BCUT2D eigenvalue weighted by molar-refractivity contribution is 0.0572. The predicted molar refractivity (Wildman–Crippen MR) is 63.8 cm³/mol. The van der Waals surface area contributed by atoms with Crippen molar-refractivity contribution in [3.05, 3.63) is 28.8 Å². The van der Waals surface area contributed by atoms with Crippen LogP contribution in [0.15, 0.2) is 18.2 Å². The van der Waals surface area contributed by atoms with Gasteiger partial charge in [-0.1, -0.05) is 11.6 Å². The number of benzene rings is 1. The number of nitrogen functional groups attached to an aromatic ring is 1. The van der Waals surface area contributed by atoms with Crippen molar-refractivity contribution in [2.24, 2.45) is 0 Å². The highest BCUT2D eigenvalue weighted by Crippen LogP contribution is 2.22. The summed E-state index contributed by atoms with van der Waals surface area (Å²) in [6.07, 6.45) is -1.81. The molecule has 1 aliphatic heterocycles. The molecule has 0 radical (unpaired) electrons. The van der Waals surface area contributed by atoms with Crippen LogP contribution in [0.4, 0.5) is 5.69 Å². The summed E-state index contributed by atoms with van der Waals surface area (Å²) >= 11 is 5.91. The average molecular weight is 257 g/mol. The van der Waals surface area contributed by atoms with Crippen LogP contribution in [0.2, 0.25) is 5.02 Å². The Morgan fingerprint density at radius 3 is 2.53 bits per heavy atom. The van der Waals surface area contributed by atoms with Crippen molar-refractivity contribution in [2.75, 3.05) is 18.8 Å². The van der Waals surface area contributed by atoms with Gasteiger partial charge in [0.25, 0.3) is 5.91 Å². The first-order valence-electron chi connectivity index (χ1n) is 5.19. The van der Waals surface area contributed by atoms with Gasteiger partial charge in [-0.05, 0) is 18.2 Å². The van der Waals surface area contributed by atoms with E-state index in [0.29, 0.717) is 10.7 Å². The zero-order valence-corrected chi connectivity index (χ0v) is 9.76. The molecule has 2 rings (SSSR count). The third kappa shape index (κ3) is 2.36. The van der Waals surface area contributed by atoms with E-state index in [1.54, 1.807) is 12.1 Å². The van der Waals surface area contributed by atoms with E-state index in [9.17, 15) is 15.0 Å². The third-order valence-corrected chi connectivity index (χ3v) is 3.10. The largest absolute Gasteiger partial charge is 0.399 e. The van der Waals surface area contributed by atoms with Crippen LogP contribution in [0.1, 0.15) is 10.4 Å². The molecule has 5 nitrogen and oxygen atoms in total. The zero-order chi connectivity index (χ0) is 12.6. The van der Waals surface area contributed by atoms with Gasteiger partial charge in [-0.2, -0.15) is 0 Å². The lowest BCUT2D eigenvalue weighted by atomic mass is 10.2. The quantitative estimate of drug-likeness (QED) is 0.622. The van der Waals surface area contributed by atoms with E-state index in [1.165, 1.54) is 11.0 Å². The number of carbonyl (C=O) groups is 1. The molecule has 1 saturated heterocycles. The van der Waals surface area contributed by atoms with Crippen LogP contribution < -0.4 is 5.73 Å². The average Bonchev–Trinajstić information content (AvgIpc) is 2.62. The molecular weight excluding hydrogens is 244 g/mol. The third-order valence-electron chi connectivity index (χ3n) is 2.77. The maximum atomic E-state index is 12.1. The fourth-order valence-electron chi connectivity index (χ4n) is 1.81. The maximum absolute atomic E-state index is 12.1. The predicted octanol–water partition coefficient (Wildman–Crippen LogP) is 0.0998. The molecule has 6 heteroatoms. The summed E-state index contributed by atoms with van der Waals surface area (Å²) in [5.74, 6) is -0.335. The van der Waals surface area contributed by atoms with Crippen LogP contribution in [-0.2, 0) is 0 Å². The number of hydrogen-bond donors (Lipinski definition) is 3. The van der Waals surface area contributed by atoms with E-state index >= 15 is 0 Å². The number of hydrogen-bond acceptors (Lipinski definition) is 4. The van der Waals surface area contributed by atoms with Gasteiger partial charge in [-0.3, -0.25) is 4.79 Å². The summed E-state index contributed by atoms with van der Waals surface area (Å²) in [7, 11) is 0. The van der Waals surface area contributed by atoms with Crippen molar-refractivity contribution in [2.45, 2.75) is 12.2 Å². The van der Waals surface area contributed by atoms with Crippen molar-refractivity contribution in [3.8, 4) is 0 Å². The molecule has 0 aromatic heterocycles. The Bertz CT molecular complexity index is 442. The molecule has 1 aromatic carbocycles. The second-order valence-electron chi connectivity index (χ2n) is 4.08. The molecule has 0 saturated carbocycles. The normalized spacial score (nSPS) is 24.1. The van der Waals surface area contributed by atoms with Gasteiger partial charge in [0.2, 0.25) is 0 Å². The van der Waals surface area contributed by atoms with Crippen molar-refractivity contribution in [1.82, 2.24) is 4.90 Å². The van der Waals surface area contributed by atoms with E-state index in [0.717, 1.165) is 0 Å². The Balaban J connectivity index is 2.23. The lowest BCUT2D eigenvalue weighted by Crippen LogP contribution is -2.30. The summed E-state index contributed by atoms with van der Waals surface area (Å²) < 4.78 is 0. The van der Waals surface area contributed by atoms with Crippen LogP contribution in [0, 0.1) is 0 Å². The highest BCUT2D eigenvalue weighted by atomic mass is 35.5. The molecule has 4 N–H and O–H groups in total. The second kappa shape index (κ2) is 4.52. The van der Waals surface area contributed by atoms with Crippen LogP contribution in [-0.4, -0.2) is 46.3 Å². The molecule has 0 bridgehead atoms. The first-order valence-corrected chi connectivity index (χ1v) is 5.57. The number of halogens is 1. The minimum atomic E-state index is -0.904. The number of nitrogens with zero attached hydrogens (tertiary/aromatic N) is 1. The fraction of sp³-hybridized carbons (Fsp3) is 0.364. The molecule has 1 aromatic rings. The van der Waals surface area contributed by atoms with Crippen molar-refractivity contribution in [1.29, 1.82) is 0 Å². The van der Waals surface area contributed by atoms with Gasteiger partial charge in [0.15, 0.2) is 0 Å². The van der Waals surface area contributed by atoms with Crippen LogP contribution in [0.25, 0.3) is 0 Å². The monoisotopic (exact) mass is 256 g/mol. The summed E-state index contributed by atoms with van der Waals surface area (Å²) in [6.45, 7) is 0.205. The Morgan fingerprint density at radius 2 is 1.94 bits per heavy atom. The SMILES string of the molecule is Nc1ccc(Cl)c(C(=O)N2C[C@@H](O)[C@@H](O)C2)c1. The molecule has 1 aliphatic rings. The molecule has 17 heavy (non-hydrogen) atoms. The van der Waals surface area contributed by atoms with Crippen molar-refractivity contribution in [3.63, 3.8) is 0 Å². The van der Waals surface area contributed by atoms with Gasteiger partial charge >= 0.3 is 0 Å². The van der Waals surface area contributed by atoms with E-state index in [4.69, 9.17) is 17.3 Å². The van der Waals surface area contributed by atoms with Crippen molar-refractivity contribution < 1.29 is 15.0 Å². The minimum absolute atomic E-state index is 0.102. The fourth-order valence-corrected chi connectivity index (χ4v) is 2.01. The molecule has 1 heterocycles. The molecule has 0 spiro atoms. The van der Waals surface area contributed by atoms with Gasteiger partial charge in [-0.15, -0.1) is 0 Å². The van der Waals surface area contributed by atoms with Gasteiger partial charge < -0.3 is 20.8 Å². The number of rotatable bonds is 1. The summed E-state index contributed by atoms with van der Waals surface area (Å²) in [5.41, 5.74) is 6.32. The molecule has 2 atom stereocenters. The Kier molecular flexibility index (Phi) is 3.24. The Hall–Kier alpha value is -1.30. The smallest absolute Gasteiger partial charge is 0.255 e. The van der Waals surface area contributed by atoms with E-state index in [2.05, 4.69) is 0 Å². The minimum Gasteiger partial charge on any atom is -0.399 e. The van der Waals surface area contributed by atoms with E-state index in [1.807, 2.05) is 0 Å². The summed E-state index contributed by atoms with van der Waals surface area (Å²) in [4.78, 5) is 13.4. The number of aliphatic hydroxyl groups excluding tert-OH is 2. The van der Waals surface area contributed by atoms with E-state index in [-0.39, 0.29) is 24.6 Å².